The van der Waals surface area contributed by atoms with Crippen LogP contribution in [0, 0.1) is 5.92 Å². The number of rotatable bonds is 4. The number of nitrogen functional groups attached to an aromatic ring is 1. The Bertz CT molecular complexity index is 447. The Morgan fingerprint density at radius 3 is 2.55 bits per heavy atom. The minimum atomic E-state index is -4.63. The molecule has 1 saturated carbocycles. The molecule has 8 heteroatoms. The molecule has 0 saturated heterocycles. The number of hydrogen-bond donors (Lipinski definition) is 2. The van der Waals surface area contributed by atoms with E-state index in [0.29, 0.717) is 12.5 Å². The monoisotopic (exact) mass is 290 g/mol. The van der Waals surface area contributed by atoms with Gasteiger partial charge in [0.25, 0.3) is 0 Å². The molecule has 1 aromatic heterocycles. The fourth-order valence-electron chi connectivity index (χ4n) is 2.26. The van der Waals surface area contributed by atoms with Crippen molar-refractivity contribution in [1.82, 2.24) is 9.97 Å². The fourth-order valence-corrected chi connectivity index (χ4v) is 2.26. The summed E-state index contributed by atoms with van der Waals surface area (Å²) in [4.78, 5) is 6.65. The lowest BCUT2D eigenvalue weighted by atomic mass is 9.90. The van der Waals surface area contributed by atoms with Crippen molar-refractivity contribution in [1.29, 1.82) is 0 Å². The summed E-state index contributed by atoms with van der Waals surface area (Å²) in [6.45, 7) is 0.373. The van der Waals surface area contributed by atoms with Gasteiger partial charge < -0.3 is 10.2 Å². The number of aromatic nitrogens is 2. The quantitative estimate of drug-likeness (QED) is 0.659. The first kappa shape index (κ1) is 14.8. The van der Waals surface area contributed by atoms with Crippen molar-refractivity contribution in [3.8, 4) is 5.88 Å². The molecule has 1 aliphatic rings. The number of nitrogens with zero attached hydrogens (tertiary/aromatic N) is 2. The van der Waals surface area contributed by atoms with Gasteiger partial charge in [-0.15, -0.1) is 0 Å². The lowest BCUT2D eigenvalue weighted by molar-refractivity contribution is -0.145. The van der Waals surface area contributed by atoms with Gasteiger partial charge in [-0.2, -0.15) is 18.2 Å². The summed E-state index contributed by atoms with van der Waals surface area (Å²) in [7, 11) is 0. The highest BCUT2D eigenvalue weighted by Crippen LogP contribution is 2.29. The van der Waals surface area contributed by atoms with Gasteiger partial charge in [-0.05, 0) is 18.8 Å². The van der Waals surface area contributed by atoms with Crippen LogP contribution in [0.3, 0.4) is 0 Å². The predicted octanol–water partition coefficient (Wildman–Crippen LogP) is 2.74. The average Bonchev–Trinajstić information content (AvgIpc) is 2.45. The molecule has 2 rings (SSSR count). The van der Waals surface area contributed by atoms with E-state index in [1.54, 1.807) is 0 Å². The normalized spacial score (nSPS) is 17.0. The standard InChI is InChI=1S/C12H17F3N4O/c13-12(14,15)11-17-9(19-16)6-10(18-11)20-7-8-4-2-1-3-5-8/h6,8H,1-5,7,16H2,(H,17,18,19). The molecule has 20 heavy (non-hydrogen) atoms. The van der Waals surface area contributed by atoms with Gasteiger partial charge in [0.15, 0.2) is 0 Å². The molecule has 0 amide bonds. The number of ether oxygens (including phenoxy) is 1. The topological polar surface area (TPSA) is 73.1 Å². The number of alkyl halides is 3. The van der Waals surface area contributed by atoms with Crippen molar-refractivity contribution in [3.05, 3.63) is 11.9 Å². The second kappa shape index (κ2) is 6.25. The molecule has 0 aromatic carbocycles. The number of nitrogens with one attached hydrogen (secondary N) is 1. The summed E-state index contributed by atoms with van der Waals surface area (Å²) >= 11 is 0. The minimum Gasteiger partial charge on any atom is -0.477 e. The minimum absolute atomic E-state index is 0.106. The van der Waals surface area contributed by atoms with Gasteiger partial charge in [-0.3, -0.25) is 0 Å². The lowest BCUT2D eigenvalue weighted by Crippen LogP contribution is -2.19. The zero-order valence-electron chi connectivity index (χ0n) is 10.9. The molecule has 1 aliphatic carbocycles. The first-order valence-electron chi connectivity index (χ1n) is 6.54. The van der Waals surface area contributed by atoms with Gasteiger partial charge in [-0.25, -0.2) is 10.8 Å². The third kappa shape index (κ3) is 3.96. The van der Waals surface area contributed by atoms with Crippen molar-refractivity contribution in [2.45, 2.75) is 38.3 Å². The highest BCUT2D eigenvalue weighted by atomic mass is 19.4. The van der Waals surface area contributed by atoms with Crippen LogP contribution < -0.4 is 16.0 Å². The highest BCUT2D eigenvalue weighted by molar-refractivity contribution is 5.37. The van der Waals surface area contributed by atoms with Crippen molar-refractivity contribution in [2.75, 3.05) is 12.0 Å². The second-order valence-electron chi connectivity index (χ2n) is 4.87. The van der Waals surface area contributed by atoms with E-state index in [9.17, 15) is 13.2 Å². The van der Waals surface area contributed by atoms with E-state index in [1.165, 1.54) is 12.5 Å². The van der Waals surface area contributed by atoms with Crippen LogP contribution in [0.4, 0.5) is 19.0 Å². The summed E-state index contributed by atoms with van der Waals surface area (Å²) in [5.41, 5.74) is 2.09. The van der Waals surface area contributed by atoms with Gasteiger partial charge >= 0.3 is 6.18 Å². The van der Waals surface area contributed by atoms with Crippen LogP contribution in [0.25, 0.3) is 0 Å². The Balaban J connectivity index is 2.06. The van der Waals surface area contributed by atoms with E-state index >= 15 is 0 Å². The van der Waals surface area contributed by atoms with E-state index in [-0.39, 0.29) is 11.7 Å². The Labute approximate surface area is 114 Å². The van der Waals surface area contributed by atoms with Crippen LogP contribution in [-0.2, 0) is 6.18 Å². The van der Waals surface area contributed by atoms with Gasteiger partial charge in [0.2, 0.25) is 11.7 Å². The maximum Gasteiger partial charge on any atom is 0.451 e. The maximum atomic E-state index is 12.6. The van der Waals surface area contributed by atoms with E-state index < -0.39 is 12.0 Å². The van der Waals surface area contributed by atoms with E-state index in [4.69, 9.17) is 10.6 Å². The first-order chi connectivity index (χ1) is 9.49. The van der Waals surface area contributed by atoms with E-state index in [0.717, 1.165) is 25.7 Å². The molecule has 1 aromatic rings. The van der Waals surface area contributed by atoms with Crippen LogP contribution in [-0.4, -0.2) is 16.6 Å². The molecule has 0 aliphatic heterocycles. The molecule has 0 unspecified atom stereocenters. The van der Waals surface area contributed by atoms with Gasteiger partial charge in [0.1, 0.15) is 5.82 Å². The molecule has 5 nitrogen and oxygen atoms in total. The third-order valence-corrected chi connectivity index (χ3v) is 3.30. The molecular formula is C12H17F3N4O. The number of hydrogen-bond acceptors (Lipinski definition) is 5. The van der Waals surface area contributed by atoms with Crippen LogP contribution >= 0.6 is 0 Å². The Morgan fingerprint density at radius 1 is 1.25 bits per heavy atom. The zero-order chi connectivity index (χ0) is 14.6. The molecule has 1 fully saturated rings. The van der Waals surface area contributed by atoms with Gasteiger partial charge in [0, 0.05) is 6.07 Å². The zero-order valence-corrected chi connectivity index (χ0v) is 10.9. The molecule has 0 atom stereocenters. The SMILES string of the molecule is NNc1cc(OCC2CCCCC2)nc(C(F)(F)F)n1. The van der Waals surface area contributed by atoms with E-state index in [1.807, 2.05) is 0 Å². The summed E-state index contributed by atoms with van der Waals surface area (Å²) in [6.07, 6.45) is 0.945. The number of anilines is 1. The van der Waals surface area contributed by atoms with Crippen molar-refractivity contribution in [2.24, 2.45) is 11.8 Å². The average molecular weight is 290 g/mol. The van der Waals surface area contributed by atoms with Gasteiger partial charge in [-0.1, -0.05) is 19.3 Å². The first-order valence-corrected chi connectivity index (χ1v) is 6.54. The predicted molar refractivity (Wildman–Crippen MR) is 66.9 cm³/mol. The maximum absolute atomic E-state index is 12.6. The Morgan fingerprint density at radius 2 is 1.95 bits per heavy atom. The summed E-state index contributed by atoms with van der Waals surface area (Å²) in [5, 5.41) is 0. The smallest absolute Gasteiger partial charge is 0.451 e. The fraction of sp³-hybridized carbons (Fsp3) is 0.667. The number of nitrogens with two attached hydrogens (primary N) is 1. The van der Waals surface area contributed by atoms with Crippen molar-refractivity contribution < 1.29 is 17.9 Å². The summed E-state index contributed by atoms with van der Waals surface area (Å²) in [6, 6.07) is 1.26. The lowest BCUT2D eigenvalue weighted by Gasteiger charge is -2.21. The molecule has 1 heterocycles. The molecule has 112 valence electrons. The molecule has 3 N–H and O–H groups in total. The van der Waals surface area contributed by atoms with Crippen LogP contribution in [0.15, 0.2) is 6.07 Å². The Kier molecular flexibility index (Phi) is 4.64. The highest BCUT2D eigenvalue weighted by Gasteiger charge is 2.35. The molecule has 0 bridgehead atoms. The molecule has 0 radical (unpaired) electrons. The molecular weight excluding hydrogens is 273 g/mol. The van der Waals surface area contributed by atoms with Crippen molar-refractivity contribution in [3.63, 3.8) is 0 Å². The van der Waals surface area contributed by atoms with Crippen LogP contribution in [0.1, 0.15) is 37.9 Å². The second-order valence-corrected chi connectivity index (χ2v) is 4.87. The summed E-state index contributed by atoms with van der Waals surface area (Å²) < 4.78 is 43.3. The van der Waals surface area contributed by atoms with Gasteiger partial charge in [0.05, 0.1) is 6.61 Å². The Hall–Kier alpha value is -1.57. The van der Waals surface area contributed by atoms with Crippen LogP contribution in [0.5, 0.6) is 5.88 Å². The molecule has 0 spiro atoms. The summed E-state index contributed by atoms with van der Waals surface area (Å²) in [5.74, 6) is 4.00. The largest absolute Gasteiger partial charge is 0.477 e. The number of halogens is 3. The number of hydrazine groups is 1. The third-order valence-electron chi connectivity index (χ3n) is 3.30. The van der Waals surface area contributed by atoms with Crippen molar-refractivity contribution >= 4 is 5.82 Å². The van der Waals surface area contributed by atoms with E-state index in [2.05, 4.69) is 15.4 Å². The van der Waals surface area contributed by atoms with Crippen LogP contribution in [0.2, 0.25) is 0 Å².